The number of ether oxygens (including phenoxy) is 3. The van der Waals surface area contributed by atoms with Crippen LogP contribution in [0.15, 0.2) is 46.0 Å². The van der Waals surface area contributed by atoms with Crippen molar-refractivity contribution < 1.29 is 28.3 Å². The predicted molar refractivity (Wildman–Crippen MR) is 112 cm³/mol. The second kappa shape index (κ2) is 9.80. The number of hydrogen-bond acceptors (Lipinski definition) is 10. The number of nitro benzene ring substituents is 1. The molecular formula is C19H18N4O7S. The molecule has 3 rings (SSSR count). The van der Waals surface area contributed by atoms with Crippen LogP contribution in [0.1, 0.15) is 0 Å². The summed E-state index contributed by atoms with van der Waals surface area (Å²) in [5.74, 6) is 1.09. The first-order valence-electron chi connectivity index (χ1n) is 8.75. The van der Waals surface area contributed by atoms with E-state index in [9.17, 15) is 14.9 Å². The summed E-state index contributed by atoms with van der Waals surface area (Å²) in [6.07, 6.45) is 0. The summed E-state index contributed by atoms with van der Waals surface area (Å²) in [7, 11) is 4.45. The molecule has 0 saturated carbocycles. The van der Waals surface area contributed by atoms with Crippen molar-refractivity contribution in [3.8, 4) is 28.7 Å². The van der Waals surface area contributed by atoms with E-state index < -0.39 is 10.8 Å². The van der Waals surface area contributed by atoms with E-state index in [1.807, 2.05) is 0 Å². The number of aromatic nitrogens is 2. The number of thioether (sulfide) groups is 1. The lowest BCUT2D eigenvalue weighted by atomic mass is 10.2. The molecule has 1 amide bonds. The van der Waals surface area contributed by atoms with Gasteiger partial charge in [-0.3, -0.25) is 14.9 Å². The van der Waals surface area contributed by atoms with Crippen LogP contribution < -0.4 is 19.5 Å². The molecule has 31 heavy (non-hydrogen) atoms. The van der Waals surface area contributed by atoms with Crippen molar-refractivity contribution in [3.63, 3.8) is 0 Å². The minimum absolute atomic E-state index is 0.0612. The van der Waals surface area contributed by atoms with E-state index in [1.165, 1.54) is 39.5 Å². The fraction of sp³-hybridized carbons (Fsp3) is 0.211. The highest BCUT2D eigenvalue weighted by molar-refractivity contribution is 7.99. The minimum Gasteiger partial charge on any atom is -0.497 e. The van der Waals surface area contributed by atoms with Crippen molar-refractivity contribution in [1.29, 1.82) is 0 Å². The van der Waals surface area contributed by atoms with Crippen molar-refractivity contribution in [3.05, 3.63) is 46.5 Å². The molecule has 0 aliphatic rings. The SMILES string of the molecule is COc1cc(OC)cc(-c2nnc(SCC(=O)Nc3ccc(OC)cc3[N+](=O)[O-])o2)c1. The molecule has 0 radical (unpaired) electrons. The maximum Gasteiger partial charge on any atom is 0.296 e. The number of benzene rings is 2. The van der Waals surface area contributed by atoms with E-state index in [4.69, 9.17) is 18.6 Å². The summed E-state index contributed by atoms with van der Waals surface area (Å²) < 4.78 is 21.0. The molecule has 0 atom stereocenters. The van der Waals surface area contributed by atoms with E-state index in [-0.39, 0.29) is 28.2 Å². The molecule has 1 N–H and O–H groups in total. The van der Waals surface area contributed by atoms with Gasteiger partial charge < -0.3 is 23.9 Å². The summed E-state index contributed by atoms with van der Waals surface area (Å²) in [6.45, 7) is 0. The molecule has 0 aliphatic carbocycles. The number of carbonyl (C=O) groups is 1. The van der Waals surface area contributed by atoms with E-state index in [1.54, 1.807) is 18.2 Å². The van der Waals surface area contributed by atoms with Crippen LogP contribution in [-0.4, -0.2) is 48.1 Å². The fourth-order valence-electron chi connectivity index (χ4n) is 2.52. The van der Waals surface area contributed by atoms with Crippen LogP contribution in [0.2, 0.25) is 0 Å². The zero-order valence-corrected chi connectivity index (χ0v) is 17.6. The molecule has 12 heteroatoms. The first-order chi connectivity index (χ1) is 14.9. The molecule has 2 aromatic carbocycles. The monoisotopic (exact) mass is 446 g/mol. The predicted octanol–water partition coefficient (Wildman–Crippen LogP) is 3.40. The van der Waals surface area contributed by atoms with E-state index in [0.29, 0.717) is 22.8 Å². The molecule has 0 aliphatic heterocycles. The third-order valence-electron chi connectivity index (χ3n) is 4.01. The Morgan fingerprint density at radius 2 is 1.74 bits per heavy atom. The lowest BCUT2D eigenvalue weighted by molar-refractivity contribution is -0.384. The van der Waals surface area contributed by atoms with Crippen LogP contribution in [0.5, 0.6) is 17.2 Å². The Kier molecular flexibility index (Phi) is 6.92. The first-order valence-corrected chi connectivity index (χ1v) is 9.74. The van der Waals surface area contributed by atoms with E-state index in [2.05, 4.69) is 15.5 Å². The number of amides is 1. The van der Waals surface area contributed by atoms with Crippen LogP contribution in [0.4, 0.5) is 11.4 Å². The van der Waals surface area contributed by atoms with Gasteiger partial charge in [-0.15, -0.1) is 10.2 Å². The van der Waals surface area contributed by atoms with E-state index in [0.717, 1.165) is 11.8 Å². The second-order valence-corrected chi connectivity index (χ2v) is 6.88. The second-order valence-electron chi connectivity index (χ2n) is 5.95. The zero-order chi connectivity index (χ0) is 22.4. The first kappa shape index (κ1) is 21.9. The van der Waals surface area contributed by atoms with Crippen molar-refractivity contribution in [2.45, 2.75) is 5.22 Å². The number of nitrogens with one attached hydrogen (secondary N) is 1. The Balaban J connectivity index is 1.66. The lowest BCUT2D eigenvalue weighted by Gasteiger charge is -2.07. The summed E-state index contributed by atoms with van der Waals surface area (Å²) in [5.41, 5.74) is 0.379. The van der Waals surface area contributed by atoms with Gasteiger partial charge in [-0.1, -0.05) is 11.8 Å². The molecule has 1 aromatic heterocycles. The molecular weight excluding hydrogens is 428 g/mol. The van der Waals surface area contributed by atoms with Gasteiger partial charge >= 0.3 is 0 Å². The molecule has 0 spiro atoms. The fourth-order valence-corrected chi connectivity index (χ4v) is 3.09. The minimum atomic E-state index is -0.599. The highest BCUT2D eigenvalue weighted by atomic mass is 32.2. The molecule has 0 saturated heterocycles. The highest BCUT2D eigenvalue weighted by Crippen LogP contribution is 2.31. The topological polar surface area (TPSA) is 139 Å². The largest absolute Gasteiger partial charge is 0.497 e. The maximum atomic E-state index is 12.3. The number of nitro groups is 1. The number of hydrogen-bond donors (Lipinski definition) is 1. The van der Waals surface area contributed by atoms with Crippen molar-refractivity contribution in [2.24, 2.45) is 0 Å². The summed E-state index contributed by atoms with van der Waals surface area (Å²) in [4.78, 5) is 22.9. The highest BCUT2D eigenvalue weighted by Gasteiger charge is 2.18. The van der Waals surface area contributed by atoms with Gasteiger partial charge in [-0.2, -0.15) is 0 Å². The van der Waals surface area contributed by atoms with Gasteiger partial charge in [0.2, 0.25) is 11.8 Å². The molecule has 1 heterocycles. The normalized spacial score (nSPS) is 10.4. The average molecular weight is 446 g/mol. The summed E-state index contributed by atoms with van der Waals surface area (Å²) in [6, 6.07) is 9.27. The van der Waals surface area contributed by atoms with Crippen LogP contribution in [-0.2, 0) is 4.79 Å². The number of methoxy groups -OCH3 is 3. The lowest BCUT2D eigenvalue weighted by Crippen LogP contribution is -2.15. The Labute approximate surface area is 180 Å². The van der Waals surface area contributed by atoms with Gasteiger partial charge in [0.15, 0.2) is 0 Å². The van der Waals surface area contributed by atoms with Gasteiger partial charge in [-0.25, -0.2) is 0 Å². The Hall–Kier alpha value is -3.80. The van der Waals surface area contributed by atoms with Gasteiger partial charge in [-0.05, 0) is 24.3 Å². The molecule has 0 bridgehead atoms. The quantitative estimate of drug-likeness (QED) is 0.295. The van der Waals surface area contributed by atoms with Crippen LogP contribution in [0.3, 0.4) is 0 Å². The summed E-state index contributed by atoms with van der Waals surface area (Å²) in [5, 5.41) is 21.8. The smallest absolute Gasteiger partial charge is 0.296 e. The molecule has 0 fully saturated rings. The number of anilines is 1. The van der Waals surface area contributed by atoms with E-state index >= 15 is 0 Å². The van der Waals surface area contributed by atoms with Gasteiger partial charge in [0.1, 0.15) is 22.9 Å². The Morgan fingerprint density at radius 1 is 1.06 bits per heavy atom. The van der Waals surface area contributed by atoms with Crippen molar-refractivity contribution in [2.75, 3.05) is 32.4 Å². The number of rotatable bonds is 9. The van der Waals surface area contributed by atoms with Gasteiger partial charge in [0.05, 0.1) is 38.1 Å². The molecule has 0 unspecified atom stereocenters. The van der Waals surface area contributed by atoms with Crippen molar-refractivity contribution >= 4 is 29.0 Å². The van der Waals surface area contributed by atoms with Crippen LogP contribution >= 0.6 is 11.8 Å². The molecule has 162 valence electrons. The van der Waals surface area contributed by atoms with Crippen LogP contribution in [0.25, 0.3) is 11.5 Å². The summed E-state index contributed by atoms with van der Waals surface area (Å²) >= 11 is 0.996. The molecule has 3 aromatic rings. The van der Waals surface area contributed by atoms with Gasteiger partial charge in [0.25, 0.3) is 10.9 Å². The average Bonchev–Trinajstić information content (AvgIpc) is 3.26. The molecule has 11 nitrogen and oxygen atoms in total. The third kappa shape index (κ3) is 5.42. The standard InChI is InChI=1S/C19H18N4O7S/c1-27-12-4-5-15(16(9-12)23(25)26)20-17(24)10-31-19-22-21-18(30-19)11-6-13(28-2)8-14(7-11)29-3/h4-9H,10H2,1-3H3,(H,20,24). The third-order valence-corrected chi connectivity index (χ3v) is 4.83. The van der Waals surface area contributed by atoms with Crippen molar-refractivity contribution in [1.82, 2.24) is 10.2 Å². The maximum absolute atomic E-state index is 12.3. The van der Waals surface area contributed by atoms with Gasteiger partial charge in [0, 0.05) is 11.6 Å². The number of nitrogens with zero attached hydrogens (tertiary/aromatic N) is 3. The Morgan fingerprint density at radius 3 is 2.35 bits per heavy atom. The zero-order valence-electron chi connectivity index (χ0n) is 16.8. The number of carbonyl (C=O) groups excluding carboxylic acids is 1. The Bertz CT molecular complexity index is 1080. The van der Waals surface area contributed by atoms with Crippen LogP contribution in [0, 0.1) is 10.1 Å².